The van der Waals surface area contributed by atoms with Gasteiger partial charge in [-0.1, -0.05) is 0 Å². The Hall–Kier alpha value is -7.45. The summed E-state index contributed by atoms with van der Waals surface area (Å²) in [7, 11) is 0. The lowest BCUT2D eigenvalue weighted by molar-refractivity contribution is -0.138. The van der Waals surface area contributed by atoms with Crippen molar-refractivity contribution in [2.75, 3.05) is 0 Å². The Labute approximate surface area is 328 Å². The predicted molar refractivity (Wildman–Crippen MR) is 195 cm³/mol. The zero-order valence-electron chi connectivity index (χ0n) is 29.6. The summed E-state index contributed by atoms with van der Waals surface area (Å²) in [6, 6.07) is 21.6. The summed E-state index contributed by atoms with van der Waals surface area (Å²) in [5, 5.41) is 29.3. The zero-order chi connectivity index (χ0) is 43.3. The average molecular weight is 832 g/mol. The number of hydrogen-bond acceptors (Lipinski definition) is 3. The number of nitriles is 3. The second-order valence-corrected chi connectivity index (χ2v) is 13.6. The van der Waals surface area contributed by atoms with Crippen LogP contribution in [0.2, 0.25) is 0 Å². The first-order valence-corrected chi connectivity index (χ1v) is 17.1. The van der Waals surface area contributed by atoms with Gasteiger partial charge in [0.15, 0.2) is 0 Å². The maximum atomic E-state index is 14.0. The first-order chi connectivity index (χ1) is 28.1. The molecule has 0 aliphatic heterocycles. The number of aromatic nitrogens is 2. The van der Waals surface area contributed by atoms with Gasteiger partial charge >= 0.3 is 24.7 Å². The molecular weight excluding hydrogens is 814 g/mol. The van der Waals surface area contributed by atoms with Crippen molar-refractivity contribution in [1.82, 2.24) is 9.13 Å². The van der Waals surface area contributed by atoms with Gasteiger partial charge in [-0.05, 0) is 109 Å². The van der Waals surface area contributed by atoms with Crippen LogP contribution in [0.4, 0.5) is 52.7 Å². The SMILES string of the molecule is N#Cc1cc(C#N)cc(-c2cc(-n3c4ccc(C(F)(F)F)cc4c4cc(C(F)(F)F)ccc43)c(C#N)cc2-n2c3ccc(C(F)(F)F)cc3c3cc(C(F)(F)F)ccc32)c1. The molecule has 298 valence electrons. The van der Waals surface area contributed by atoms with E-state index in [1.807, 2.05) is 18.2 Å². The molecule has 0 aliphatic carbocycles. The van der Waals surface area contributed by atoms with E-state index >= 15 is 0 Å². The lowest BCUT2D eigenvalue weighted by Crippen LogP contribution is -2.06. The summed E-state index contributed by atoms with van der Waals surface area (Å²) in [5.41, 5.74) is -5.57. The lowest BCUT2D eigenvalue weighted by Gasteiger charge is -2.19. The van der Waals surface area contributed by atoms with Gasteiger partial charge in [-0.2, -0.15) is 68.5 Å². The molecule has 17 heteroatoms. The summed E-state index contributed by atoms with van der Waals surface area (Å²) in [4.78, 5) is 0. The Balaban J connectivity index is 1.54. The largest absolute Gasteiger partial charge is 0.416 e. The Bertz CT molecular complexity index is 3070. The van der Waals surface area contributed by atoms with Gasteiger partial charge in [0.25, 0.3) is 0 Å². The van der Waals surface area contributed by atoms with Crippen LogP contribution in [0.15, 0.2) is 103 Å². The zero-order valence-corrected chi connectivity index (χ0v) is 29.6. The first kappa shape index (κ1) is 39.4. The molecule has 0 N–H and O–H groups in total. The Kier molecular flexibility index (Phi) is 8.72. The third-order valence-electron chi connectivity index (χ3n) is 10.1. The summed E-state index contributed by atoms with van der Waals surface area (Å²) in [5.74, 6) is 0. The minimum absolute atomic E-state index is 0.00465. The molecule has 6 aromatic carbocycles. The molecule has 5 nitrogen and oxygen atoms in total. The van der Waals surface area contributed by atoms with Crippen LogP contribution in [-0.2, 0) is 24.7 Å². The third kappa shape index (κ3) is 6.47. The third-order valence-corrected chi connectivity index (χ3v) is 10.1. The molecule has 0 fully saturated rings. The molecule has 0 bridgehead atoms. The average Bonchev–Trinajstić information content (AvgIpc) is 3.70. The van der Waals surface area contributed by atoms with Crippen LogP contribution in [0.5, 0.6) is 0 Å². The fourth-order valence-corrected chi connectivity index (χ4v) is 7.45. The highest BCUT2D eigenvalue weighted by Crippen LogP contribution is 2.45. The van der Waals surface area contributed by atoms with Gasteiger partial charge in [-0.3, -0.25) is 0 Å². The number of rotatable bonds is 3. The Morgan fingerprint density at radius 1 is 0.367 bits per heavy atom. The topological polar surface area (TPSA) is 81.2 Å². The van der Waals surface area contributed by atoms with Crippen LogP contribution in [0.1, 0.15) is 38.9 Å². The number of benzene rings is 6. The van der Waals surface area contributed by atoms with Crippen molar-refractivity contribution in [2.45, 2.75) is 24.7 Å². The molecule has 8 aromatic rings. The summed E-state index contributed by atoms with van der Waals surface area (Å²) in [6.07, 6.45) is -19.7. The molecule has 0 saturated carbocycles. The van der Waals surface area contributed by atoms with Crippen LogP contribution in [0, 0.1) is 34.0 Å². The van der Waals surface area contributed by atoms with E-state index in [4.69, 9.17) is 0 Å². The number of nitrogens with zero attached hydrogens (tertiary/aromatic N) is 5. The van der Waals surface area contributed by atoms with Crippen molar-refractivity contribution in [1.29, 1.82) is 15.8 Å². The summed E-state index contributed by atoms with van der Waals surface area (Å²) >= 11 is 0. The van der Waals surface area contributed by atoms with Crippen molar-refractivity contribution in [2.24, 2.45) is 0 Å². The van der Waals surface area contributed by atoms with Gasteiger partial charge in [0, 0.05) is 27.1 Å². The molecule has 2 aromatic heterocycles. The van der Waals surface area contributed by atoms with E-state index in [0.29, 0.717) is 48.5 Å². The standard InChI is InChI=1S/C43H17F12N5/c44-40(45,46)25-1-5-34-30(13-25)31-14-26(41(47,48)49)2-6-35(31)59(34)38-17-29(23-10-21(18-56)9-22(11-23)19-57)39(12-24(38)20-58)60-36-7-3-27(42(50,51)52)15-32(36)33-16-28(43(53,54)55)4-8-37(33)60/h1-17H. The van der Waals surface area contributed by atoms with E-state index in [0.717, 1.165) is 24.3 Å². The number of hydrogen-bond donors (Lipinski definition) is 0. The van der Waals surface area contributed by atoms with Crippen molar-refractivity contribution in [3.05, 3.63) is 142 Å². The number of halogens is 12. The van der Waals surface area contributed by atoms with Crippen LogP contribution >= 0.6 is 0 Å². The minimum Gasteiger partial charge on any atom is -0.309 e. The highest BCUT2D eigenvalue weighted by molar-refractivity contribution is 6.12. The van der Waals surface area contributed by atoms with E-state index < -0.39 is 47.0 Å². The van der Waals surface area contributed by atoms with Gasteiger partial charge in [0.1, 0.15) is 6.07 Å². The van der Waals surface area contributed by atoms with E-state index in [1.165, 1.54) is 39.5 Å². The minimum atomic E-state index is -4.92. The van der Waals surface area contributed by atoms with Crippen molar-refractivity contribution < 1.29 is 52.7 Å². The predicted octanol–water partition coefficient (Wildman–Crippen LogP) is 13.2. The Morgan fingerprint density at radius 2 is 0.700 bits per heavy atom. The molecule has 0 saturated heterocycles. The highest BCUT2D eigenvalue weighted by atomic mass is 19.4. The number of alkyl halides is 12. The molecule has 0 unspecified atom stereocenters. The van der Waals surface area contributed by atoms with E-state index in [-0.39, 0.29) is 82.8 Å². The lowest BCUT2D eigenvalue weighted by atomic mass is 9.96. The molecule has 0 spiro atoms. The molecular formula is C43H17F12N5. The molecule has 0 amide bonds. The van der Waals surface area contributed by atoms with Gasteiger partial charge < -0.3 is 9.13 Å². The monoisotopic (exact) mass is 831 g/mol. The quantitative estimate of drug-likeness (QED) is 0.166. The van der Waals surface area contributed by atoms with E-state index in [2.05, 4.69) is 0 Å². The van der Waals surface area contributed by atoms with Gasteiger partial charge in [-0.25, -0.2) is 0 Å². The van der Waals surface area contributed by atoms with E-state index in [9.17, 15) is 68.5 Å². The second-order valence-electron chi connectivity index (χ2n) is 13.6. The fraction of sp³-hybridized carbons (Fsp3) is 0.0930. The second kappa shape index (κ2) is 13.3. The molecule has 0 radical (unpaired) electrons. The van der Waals surface area contributed by atoms with Crippen LogP contribution in [-0.4, -0.2) is 9.13 Å². The van der Waals surface area contributed by atoms with Crippen LogP contribution in [0.25, 0.3) is 66.1 Å². The van der Waals surface area contributed by atoms with E-state index in [1.54, 1.807) is 0 Å². The molecule has 2 heterocycles. The fourth-order valence-electron chi connectivity index (χ4n) is 7.45. The Morgan fingerprint density at radius 3 is 1.00 bits per heavy atom. The van der Waals surface area contributed by atoms with Gasteiger partial charge in [0.05, 0.1) is 84.5 Å². The maximum Gasteiger partial charge on any atom is 0.416 e. The first-order valence-electron chi connectivity index (χ1n) is 17.1. The van der Waals surface area contributed by atoms with Crippen molar-refractivity contribution in [3.63, 3.8) is 0 Å². The molecule has 0 atom stereocenters. The smallest absolute Gasteiger partial charge is 0.309 e. The van der Waals surface area contributed by atoms with Crippen molar-refractivity contribution >= 4 is 43.6 Å². The van der Waals surface area contributed by atoms with Gasteiger partial charge in [0.2, 0.25) is 0 Å². The molecule has 0 aliphatic rings. The molecule has 60 heavy (non-hydrogen) atoms. The highest BCUT2D eigenvalue weighted by Gasteiger charge is 2.36. The normalized spacial score (nSPS) is 12.6. The van der Waals surface area contributed by atoms with Gasteiger partial charge in [-0.15, -0.1) is 0 Å². The number of fused-ring (bicyclic) bond motifs is 6. The van der Waals surface area contributed by atoms with Crippen LogP contribution < -0.4 is 0 Å². The van der Waals surface area contributed by atoms with Crippen molar-refractivity contribution in [3.8, 4) is 40.7 Å². The maximum absolute atomic E-state index is 14.0. The summed E-state index contributed by atoms with van der Waals surface area (Å²) in [6.45, 7) is 0. The summed E-state index contributed by atoms with van der Waals surface area (Å²) < 4.78 is 170. The molecule has 8 rings (SSSR count). The van der Waals surface area contributed by atoms with Crippen LogP contribution in [0.3, 0.4) is 0 Å².